The maximum atomic E-state index is 6.09. The minimum absolute atomic E-state index is 0. The number of hydrogen-bond donors (Lipinski definition) is 1. The van der Waals surface area contributed by atoms with E-state index >= 15 is 0 Å². The van der Waals surface area contributed by atoms with E-state index < -0.39 is 0 Å². The average Bonchev–Trinajstić information content (AvgIpc) is 2.58. The molecule has 0 amide bonds. The van der Waals surface area contributed by atoms with E-state index in [2.05, 4.69) is 22.9 Å². The Labute approximate surface area is 165 Å². The van der Waals surface area contributed by atoms with Gasteiger partial charge in [0.2, 0.25) is 0 Å². The minimum atomic E-state index is 0. The Morgan fingerprint density at radius 1 is 1.39 bits per heavy atom. The number of aliphatic imine (C=N–C) groups is 1. The molecule has 0 aromatic heterocycles. The lowest BCUT2D eigenvalue weighted by Gasteiger charge is -2.27. The molecule has 0 radical (unpaired) electrons. The van der Waals surface area contributed by atoms with E-state index in [1.165, 1.54) is 4.90 Å². The van der Waals surface area contributed by atoms with Crippen LogP contribution < -0.4 is 10.5 Å². The van der Waals surface area contributed by atoms with E-state index in [1.54, 1.807) is 7.11 Å². The summed E-state index contributed by atoms with van der Waals surface area (Å²) in [6.07, 6.45) is 0. The molecule has 0 aliphatic carbocycles. The summed E-state index contributed by atoms with van der Waals surface area (Å²) in [4.78, 5) is 7.94. The number of nitrogens with zero attached hydrogens (tertiary/aromatic N) is 2. The van der Waals surface area contributed by atoms with Crippen LogP contribution in [0.25, 0.3) is 0 Å². The molecule has 23 heavy (non-hydrogen) atoms. The number of nitrogens with two attached hydrogens (primary N) is 1. The molecule has 1 heterocycles. The zero-order valence-corrected chi connectivity index (χ0v) is 17.7. The summed E-state index contributed by atoms with van der Waals surface area (Å²) in [6, 6.07) is 8.13. The summed E-state index contributed by atoms with van der Waals surface area (Å²) in [7, 11) is 1.71. The quantitative estimate of drug-likeness (QED) is 0.301. The fourth-order valence-corrected chi connectivity index (χ4v) is 4.11. The van der Waals surface area contributed by atoms with Crippen LogP contribution in [0.15, 0.2) is 34.2 Å². The van der Waals surface area contributed by atoms with Crippen molar-refractivity contribution >= 4 is 53.5 Å². The van der Waals surface area contributed by atoms with Crippen molar-refractivity contribution in [2.24, 2.45) is 16.6 Å². The van der Waals surface area contributed by atoms with Crippen molar-refractivity contribution in [1.82, 2.24) is 4.90 Å². The van der Waals surface area contributed by atoms with Gasteiger partial charge in [0.1, 0.15) is 5.75 Å². The van der Waals surface area contributed by atoms with Crippen LogP contribution in [0.4, 0.5) is 0 Å². The van der Waals surface area contributed by atoms with Crippen molar-refractivity contribution in [3.63, 3.8) is 0 Å². The summed E-state index contributed by atoms with van der Waals surface area (Å²) in [5.41, 5.74) is 6.09. The van der Waals surface area contributed by atoms with Crippen LogP contribution in [0.1, 0.15) is 6.92 Å². The highest BCUT2D eigenvalue weighted by atomic mass is 127. The van der Waals surface area contributed by atoms with Crippen molar-refractivity contribution in [2.45, 2.75) is 11.8 Å². The Hall–Kier alpha value is -0.280. The van der Waals surface area contributed by atoms with Crippen molar-refractivity contribution < 1.29 is 4.74 Å². The lowest BCUT2D eigenvalue weighted by Crippen LogP contribution is -2.42. The molecule has 2 N–H and O–H groups in total. The van der Waals surface area contributed by atoms with E-state index in [4.69, 9.17) is 10.5 Å². The summed E-state index contributed by atoms with van der Waals surface area (Å²) < 4.78 is 5.38. The molecule has 1 aromatic carbocycles. The predicted molar refractivity (Wildman–Crippen MR) is 114 cm³/mol. The number of rotatable bonds is 6. The van der Waals surface area contributed by atoms with Gasteiger partial charge in [0.15, 0.2) is 5.96 Å². The lowest BCUT2D eigenvalue weighted by atomic mass is 10.2. The lowest BCUT2D eigenvalue weighted by molar-refractivity contribution is 0.405. The summed E-state index contributed by atoms with van der Waals surface area (Å²) >= 11 is 3.80. The average molecular weight is 467 g/mol. The van der Waals surface area contributed by atoms with Crippen molar-refractivity contribution in [2.75, 3.05) is 44.0 Å². The van der Waals surface area contributed by atoms with Gasteiger partial charge in [0.25, 0.3) is 0 Å². The Morgan fingerprint density at radius 3 is 2.78 bits per heavy atom. The van der Waals surface area contributed by atoms with E-state index in [0.717, 1.165) is 42.6 Å². The van der Waals surface area contributed by atoms with Gasteiger partial charge in [-0.05, 0) is 18.1 Å². The van der Waals surface area contributed by atoms with Gasteiger partial charge in [-0.3, -0.25) is 4.99 Å². The Kier molecular flexibility index (Phi) is 10.2. The third kappa shape index (κ3) is 7.01. The molecule has 7 heteroatoms. The molecule has 2 rings (SSSR count). The molecule has 130 valence electrons. The van der Waals surface area contributed by atoms with Crippen molar-refractivity contribution in [3.8, 4) is 5.75 Å². The molecule has 1 aromatic rings. The van der Waals surface area contributed by atoms with Gasteiger partial charge in [0.05, 0.1) is 7.11 Å². The highest BCUT2D eigenvalue weighted by molar-refractivity contribution is 14.0. The number of para-hydroxylation sites is 1. The highest BCUT2D eigenvalue weighted by Crippen LogP contribution is 2.30. The van der Waals surface area contributed by atoms with Crippen LogP contribution >= 0.6 is 47.5 Å². The predicted octanol–water partition coefficient (Wildman–Crippen LogP) is 3.40. The Balaban J connectivity index is 0.00000264. The number of guanidine groups is 1. The third-order valence-electron chi connectivity index (χ3n) is 3.49. The second-order valence-electron chi connectivity index (χ2n) is 5.37. The summed E-state index contributed by atoms with van der Waals surface area (Å²) in [5.74, 6) is 5.42. The molecule has 1 aliphatic heterocycles. The van der Waals surface area contributed by atoms with Crippen LogP contribution in [0.5, 0.6) is 5.75 Å². The fourth-order valence-electron chi connectivity index (χ4n) is 2.16. The zero-order chi connectivity index (χ0) is 15.8. The van der Waals surface area contributed by atoms with Gasteiger partial charge >= 0.3 is 0 Å². The minimum Gasteiger partial charge on any atom is -0.496 e. The van der Waals surface area contributed by atoms with Crippen LogP contribution in [0, 0.1) is 5.92 Å². The number of halogens is 1. The van der Waals surface area contributed by atoms with Crippen LogP contribution in [0.3, 0.4) is 0 Å². The molecule has 1 saturated heterocycles. The van der Waals surface area contributed by atoms with Crippen LogP contribution in [-0.4, -0.2) is 54.9 Å². The fraction of sp³-hybridized carbons (Fsp3) is 0.562. The Morgan fingerprint density at radius 2 is 2.09 bits per heavy atom. The summed E-state index contributed by atoms with van der Waals surface area (Å²) in [6.45, 7) is 5.03. The first kappa shape index (κ1) is 20.8. The van der Waals surface area contributed by atoms with Crippen LogP contribution in [0.2, 0.25) is 0 Å². The van der Waals surface area contributed by atoms with E-state index in [0.29, 0.717) is 11.9 Å². The molecule has 0 spiro atoms. The molecule has 0 bridgehead atoms. The topological polar surface area (TPSA) is 50.9 Å². The first-order valence-corrected chi connectivity index (χ1v) is 9.73. The number of methoxy groups -OCH3 is 1. The van der Waals surface area contributed by atoms with Gasteiger partial charge in [-0.2, -0.15) is 11.8 Å². The SMILES string of the molecule is COc1ccccc1SCC(C)CN=C(N)N1CCSCC1.I. The molecule has 1 aliphatic rings. The standard InChI is InChI=1S/C16H25N3OS2.HI/c1-13(11-18-16(17)19-7-9-21-10-8-19)12-22-15-6-4-3-5-14(15)20-2;/h3-6,13H,7-12H2,1-2H3,(H2,17,18);1H. The Bertz CT molecular complexity index is 496. The van der Waals surface area contributed by atoms with E-state index in [-0.39, 0.29) is 24.0 Å². The number of ether oxygens (including phenoxy) is 1. The van der Waals surface area contributed by atoms with Crippen molar-refractivity contribution in [1.29, 1.82) is 0 Å². The second kappa shape index (κ2) is 11.3. The first-order chi connectivity index (χ1) is 10.7. The maximum absolute atomic E-state index is 6.09. The monoisotopic (exact) mass is 467 g/mol. The van der Waals surface area contributed by atoms with Gasteiger partial charge in [-0.1, -0.05) is 19.1 Å². The van der Waals surface area contributed by atoms with E-state index in [9.17, 15) is 0 Å². The van der Waals surface area contributed by atoms with Gasteiger partial charge < -0.3 is 15.4 Å². The van der Waals surface area contributed by atoms with Gasteiger partial charge in [-0.15, -0.1) is 35.7 Å². The van der Waals surface area contributed by atoms with Crippen LogP contribution in [-0.2, 0) is 0 Å². The maximum Gasteiger partial charge on any atom is 0.191 e. The van der Waals surface area contributed by atoms with Crippen molar-refractivity contribution in [3.05, 3.63) is 24.3 Å². The molecule has 1 unspecified atom stereocenters. The first-order valence-electron chi connectivity index (χ1n) is 7.59. The largest absolute Gasteiger partial charge is 0.496 e. The molecule has 0 saturated carbocycles. The highest BCUT2D eigenvalue weighted by Gasteiger charge is 2.13. The normalized spacial score (nSPS) is 16.6. The molecule has 4 nitrogen and oxygen atoms in total. The van der Waals surface area contributed by atoms with Gasteiger partial charge in [0, 0.05) is 41.8 Å². The van der Waals surface area contributed by atoms with Gasteiger partial charge in [-0.25, -0.2) is 0 Å². The number of benzene rings is 1. The third-order valence-corrected chi connectivity index (χ3v) is 5.82. The molecular weight excluding hydrogens is 441 g/mol. The zero-order valence-electron chi connectivity index (χ0n) is 13.7. The molecule has 1 atom stereocenters. The van der Waals surface area contributed by atoms with E-state index in [1.807, 2.05) is 41.7 Å². The summed E-state index contributed by atoms with van der Waals surface area (Å²) in [5, 5.41) is 0. The molecule has 1 fully saturated rings. The number of hydrogen-bond acceptors (Lipinski definition) is 4. The number of thioether (sulfide) groups is 2. The molecular formula is C16H26IN3OS2. The smallest absolute Gasteiger partial charge is 0.191 e. The second-order valence-corrected chi connectivity index (χ2v) is 7.65.